The Morgan fingerprint density at radius 3 is 2.64 bits per heavy atom. The van der Waals surface area contributed by atoms with Gasteiger partial charge in [0.25, 0.3) is 0 Å². The van der Waals surface area contributed by atoms with Gasteiger partial charge in [-0.15, -0.1) is 0 Å². The average molecular weight is 298 g/mol. The van der Waals surface area contributed by atoms with Crippen LogP contribution in [0.2, 0.25) is 5.02 Å². The molecule has 1 rings (SSSR count). The number of aryl methyl sites for hydroxylation is 1. The first-order valence-corrected chi connectivity index (χ1v) is 5.53. The second kappa shape index (κ2) is 4.48. The van der Waals surface area contributed by atoms with Crippen molar-refractivity contribution >= 4 is 43.5 Å². The molecule has 0 saturated heterocycles. The molecule has 1 aromatic rings. The molecule has 0 aliphatic heterocycles. The summed E-state index contributed by atoms with van der Waals surface area (Å²) in [6.45, 7) is 0. The van der Waals surface area contributed by atoms with E-state index in [1.54, 1.807) is 0 Å². The highest BCUT2D eigenvalue weighted by Gasteiger charge is 1.98. The van der Waals surface area contributed by atoms with E-state index in [0.29, 0.717) is 0 Å². The van der Waals surface area contributed by atoms with Crippen LogP contribution in [0, 0.1) is 0 Å². The Morgan fingerprint density at radius 2 is 2.09 bits per heavy atom. The molecule has 0 amide bonds. The zero-order chi connectivity index (χ0) is 8.27. The van der Waals surface area contributed by atoms with Crippen molar-refractivity contribution < 1.29 is 0 Å². The lowest BCUT2D eigenvalue weighted by atomic mass is 10.2. The highest BCUT2D eigenvalue weighted by atomic mass is 79.9. The zero-order valence-corrected chi connectivity index (χ0v) is 9.71. The van der Waals surface area contributed by atoms with Gasteiger partial charge < -0.3 is 0 Å². The van der Waals surface area contributed by atoms with E-state index in [4.69, 9.17) is 11.6 Å². The number of rotatable bonds is 2. The Hall–Kier alpha value is 0.470. The van der Waals surface area contributed by atoms with Crippen LogP contribution in [0.15, 0.2) is 22.7 Å². The molecule has 0 N–H and O–H groups in total. The first-order valence-electron chi connectivity index (χ1n) is 3.24. The molecule has 3 heteroatoms. The summed E-state index contributed by atoms with van der Waals surface area (Å²) in [5.74, 6) is 0. The number of hydrogen-bond donors (Lipinski definition) is 0. The lowest BCUT2D eigenvalue weighted by Crippen LogP contribution is -1.86. The molecule has 0 atom stereocenters. The van der Waals surface area contributed by atoms with E-state index in [1.165, 1.54) is 5.56 Å². The number of alkyl halides is 1. The SMILES string of the molecule is Clc1cc(Br)ccc1CCBr. The molecule has 0 unspecified atom stereocenters. The maximum absolute atomic E-state index is 5.96. The van der Waals surface area contributed by atoms with Gasteiger partial charge in [0.05, 0.1) is 0 Å². The molecule has 0 radical (unpaired) electrons. The molecule has 0 heterocycles. The summed E-state index contributed by atoms with van der Waals surface area (Å²) in [5, 5.41) is 1.78. The molecular formula is C8H7Br2Cl. The first kappa shape index (κ1) is 9.56. The summed E-state index contributed by atoms with van der Waals surface area (Å²) in [5.41, 5.74) is 1.19. The van der Waals surface area contributed by atoms with Crippen LogP contribution in [0.5, 0.6) is 0 Å². The molecule has 0 aliphatic rings. The molecule has 0 bridgehead atoms. The average Bonchev–Trinajstić information content (AvgIpc) is 1.95. The van der Waals surface area contributed by atoms with E-state index < -0.39 is 0 Å². The molecule has 1 aromatic carbocycles. The standard InChI is InChI=1S/C8H7Br2Cl/c9-4-3-6-1-2-7(10)5-8(6)11/h1-2,5H,3-4H2. The minimum Gasteiger partial charge on any atom is -0.0924 e. The third kappa shape index (κ3) is 2.77. The number of hydrogen-bond acceptors (Lipinski definition) is 0. The normalized spacial score (nSPS) is 10.1. The first-order chi connectivity index (χ1) is 5.24. The van der Waals surface area contributed by atoms with Crippen LogP contribution in [0.25, 0.3) is 0 Å². The van der Waals surface area contributed by atoms with Crippen molar-refractivity contribution in [3.8, 4) is 0 Å². The third-order valence-electron chi connectivity index (χ3n) is 1.38. The molecule has 0 aromatic heterocycles. The number of halogens is 3. The summed E-state index contributed by atoms with van der Waals surface area (Å²) in [6.07, 6.45) is 0.978. The van der Waals surface area contributed by atoms with Crippen molar-refractivity contribution in [2.24, 2.45) is 0 Å². The molecule has 0 saturated carbocycles. The Labute approximate surface area is 88.2 Å². The van der Waals surface area contributed by atoms with Crippen molar-refractivity contribution in [1.29, 1.82) is 0 Å². The van der Waals surface area contributed by atoms with Crippen LogP contribution < -0.4 is 0 Å². The fraction of sp³-hybridized carbons (Fsp3) is 0.250. The highest BCUT2D eigenvalue weighted by Crippen LogP contribution is 2.21. The summed E-state index contributed by atoms with van der Waals surface area (Å²) < 4.78 is 1.03. The minimum atomic E-state index is 0.832. The summed E-state index contributed by atoms with van der Waals surface area (Å²) in [7, 11) is 0. The fourth-order valence-corrected chi connectivity index (χ4v) is 2.02. The molecule has 0 fully saturated rings. The van der Waals surface area contributed by atoms with Gasteiger partial charge in [-0.05, 0) is 24.1 Å². The Bertz CT molecular complexity index is 248. The van der Waals surface area contributed by atoms with Crippen molar-refractivity contribution in [2.75, 3.05) is 5.33 Å². The summed E-state index contributed by atoms with van der Waals surface area (Å²) in [4.78, 5) is 0. The van der Waals surface area contributed by atoms with Gasteiger partial charge >= 0.3 is 0 Å². The molecule has 0 spiro atoms. The van der Waals surface area contributed by atoms with Crippen LogP contribution in [-0.2, 0) is 6.42 Å². The summed E-state index contributed by atoms with van der Waals surface area (Å²) in [6, 6.07) is 5.96. The predicted octanol–water partition coefficient (Wildman–Crippen LogP) is 4.04. The van der Waals surface area contributed by atoms with E-state index in [2.05, 4.69) is 31.9 Å². The van der Waals surface area contributed by atoms with Gasteiger partial charge in [-0.2, -0.15) is 0 Å². The van der Waals surface area contributed by atoms with E-state index in [9.17, 15) is 0 Å². The van der Waals surface area contributed by atoms with E-state index >= 15 is 0 Å². The van der Waals surface area contributed by atoms with Gasteiger partial charge in [-0.25, -0.2) is 0 Å². The van der Waals surface area contributed by atoms with Gasteiger partial charge in [-0.3, -0.25) is 0 Å². The lowest BCUT2D eigenvalue weighted by molar-refractivity contribution is 1.17. The van der Waals surface area contributed by atoms with Gasteiger partial charge in [0, 0.05) is 14.8 Å². The monoisotopic (exact) mass is 296 g/mol. The second-order valence-electron chi connectivity index (χ2n) is 2.17. The van der Waals surface area contributed by atoms with E-state index in [-0.39, 0.29) is 0 Å². The van der Waals surface area contributed by atoms with Crippen molar-refractivity contribution in [1.82, 2.24) is 0 Å². The quantitative estimate of drug-likeness (QED) is 0.723. The van der Waals surface area contributed by atoms with Crippen LogP contribution in [0.4, 0.5) is 0 Å². The van der Waals surface area contributed by atoms with Crippen LogP contribution >= 0.6 is 43.5 Å². The highest BCUT2D eigenvalue weighted by molar-refractivity contribution is 9.10. The molecule has 60 valence electrons. The van der Waals surface area contributed by atoms with Gasteiger partial charge in [0.1, 0.15) is 0 Å². The maximum atomic E-state index is 5.96. The number of benzene rings is 1. The molecule has 0 nitrogen and oxygen atoms in total. The zero-order valence-electron chi connectivity index (χ0n) is 5.78. The van der Waals surface area contributed by atoms with Crippen molar-refractivity contribution in [2.45, 2.75) is 6.42 Å². The van der Waals surface area contributed by atoms with Crippen LogP contribution in [0.3, 0.4) is 0 Å². The van der Waals surface area contributed by atoms with Crippen molar-refractivity contribution in [3.05, 3.63) is 33.3 Å². The van der Waals surface area contributed by atoms with Gasteiger partial charge in [0.2, 0.25) is 0 Å². The van der Waals surface area contributed by atoms with Crippen LogP contribution in [0.1, 0.15) is 5.56 Å². The van der Waals surface area contributed by atoms with Gasteiger partial charge in [0.15, 0.2) is 0 Å². The Kier molecular flexibility index (Phi) is 3.90. The summed E-state index contributed by atoms with van der Waals surface area (Å²) >= 11 is 12.7. The maximum Gasteiger partial charge on any atom is 0.0449 e. The molecule has 0 aliphatic carbocycles. The van der Waals surface area contributed by atoms with Gasteiger partial charge in [-0.1, -0.05) is 49.5 Å². The predicted molar refractivity (Wildman–Crippen MR) is 56.7 cm³/mol. The Morgan fingerprint density at radius 1 is 1.36 bits per heavy atom. The largest absolute Gasteiger partial charge is 0.0924 e. The molecule has 11 heavy (non-hydrogen) atoms. The fourth-order valence-electron chi connectivity index (χ4n) is 0.826. The van der Waals surface area contributed by atoms with E-state index in [0.717, 1.165) is 21.2 Å². The third-order valence-corrected chi connectivity index (χ3v) is 2.62. The van der Waals surface area contributed by atoms with Crippen LogP contribution in [-0.4, -0.2) is 5.33 Å². The molecular weight excluding hydrogens is 291 g/mol. The Balaban J connectivity index is 2.90. The van der Waals surface area contributed by atoms with E-state index in [1.807, 2.05) is 18.2 Å². The van der Waals surface area contributed by atoms with Crippen molar-refractivity contribution in [3.63, 3.8) is 0 Å². The topological polar surface area (TPSA) is 0 Å². The second-order valence-corrected chi connectivity index (χ2v) is 4.29. The smallest absolute Gasteiger partial charge is 0.0449 e. The lowest BCUT2D eigenvalue weighted by Gasteiger charge is -2.00. The minimum absolute atomic E-state index is 0.832.